The average molecular weight is 445 g/mol. The topological polar surface area (TPSA) is 84.5 Å². The van der Waals surface area contributed by atoms with Gasteiger partial charge in [0.15, 0.2) is 5.76 Å². The van der Waals surface area contributed by atoms with Gasteiger partial charge in [-0.3, -0.25) is 9.59 Å². The van der Waals surface area contributed by atoms with Crippen LogP contribution in [0, 0.1) is 0 Å². The minimum absolute atomic E-state index is 0.0687. The van der Waals surface area contributed by atoms with Gasteiger partial charge < -0.3 is 19.5 Å². The Hall–Kier alpha value is -4.03. The highest BCUT2D eigenvalue weighted by Crippen LogP contribution is 2.32. The lowest BCUT2D eigenvalue weighted by molar-refractivity contribution is 0.0976. The molecule has 0 bridgehead atoms. The fourth-order valence-electron chi connectivity index (χ4n) is 3.51. The van der Waals surface area contributed by atoms with Crippen LogP contribution >= 0.6 is 11.6 Å². The second-order valence-corrected chi connectivity index (χ2v) is 7.63. The number of halogens is 1. The lowest BCUT2D eigenvalue weighted by Crippen LogP contribution is -2.17. The second-order valence-electron chi connectivity index (χ2n) is 7.19. The van der Waals surface area contributed by atoms with E-state index in [-0.39, 0.29) is 23.8 Å². The van der Waals surface area contributed by atoms with Gasteiger partial charge in [-0.15, -0.1) is 0 Å². The number of fused-ring (bicyclic) bond motifs is 2. The van der Waals surface area contributed by atoms with Crippen LogP contribution in [0.4, 0.5) is 11.4 Å². The molecule has 158 valence electrons. The first-order valence-corrected chi connectivity index (χ1v) is 10.3. The first kappa shape index (κ1) is 19.9. The highest BCUT2D eigenvalue weighted by atomic mass is 35.5. The van der Waals surface area contributed by atoms with Crippen LogP contribution in [0.2, 0.25) is 5.02 Å². The molecule has 5 rings (SSSR count). The molecule has 0 atom stereocenters. The Balaban J connectivity index is 1.42. The highest BCUT2D eigenvalue weighted by Gasteiger charge is 2.22. The predicted molar refractivity (Wildman–Crippen MR) is 125 cm³/mol. The number of ketones is 1. The normalized spacial score (nSPS) is 11.0. The number of carbonyl (C=O) groups excluding carboxylic acids is 2. The summed E-state index contributed by atoms with van der Waals surface area (Å²) >= 11 is 6.01. The van der Waals surface area contributed by atoms with E-state index in [4.69, 9.17) is 20.4 Å². The molecule has 32 heavy (non-hydrogen) atoms. The summed E-state index contributed by atoms with van der Waals surface area (Å²) < 4.78 is 11.5. The summed E-state index contributed by atoms with van der Waals surface area (Å²) in [5.41, 5.74) is 2.14. The van der Waals surface area contributed by atoms with Crippen LogP contribution in [0.5, 0.6) is 0 Å². The summed E-state index contributed by atoms with van der Waals surface area (Å²) in [7, 11) is 0. The van der Waals surface area contributed by atoms with E-state index in [1.807, 2.05) is 36.4 Å². The highest BCUT2D eigenvalue weighted by molar-refractivity contribution is 6.31. The molecule has 2 heterocycles. The fourth-order valence-corrected chi connectivity index (χ4v) is 3.70. The van der Waals surface area contributed by atoms with Crippen LogP contribution in [-0.2, 0) is 0 Å². The zero-order chi connectivity index (χ0) is 22.1. The van der Waals surface area contributed by atoms with E-state index in [0.29, 0.717) is 32.9 Å². The summed E-state index contributed by atoms with van der Waals surface area (Å²) in [5, 5.41) is 7.89. The number of rotatable bonds is 6. The van der Waals surface area contributed by atoms with Crippen molar-refractivity contribution in [1.29, 1.82) is 0 Å². The first-order chi connectivity index (χ1) is 15.6. The Morgan fingerprint density at radius 1 is 0.844 bits per heavy atom. The van der Waals surface area contributed by atoms with Gasteiger partial charge in [-0.1, -0.05) is 48.0 Å². The molecule has 0 unspecified atom stereocenters. The molecule has 1 amide bonds. The Bertz CT molecular complexity index is 1430. The van der Waals surface area contributed by atoms with Gasteiger partial charge in [-0.2, -0.15) is 0 Å². The van der Waals surface area contributed by atoms with Crippen molar-refractivity contribution < 1.29 is 18.4 Å². The van der Waals surface area contributed by atoms with Gasteiger partial charge in [0.1, 0.15) is 11.2 Å². The molecule has 0 radical (unpaired) electrons. The van der Waals surface area contributed by atoms with Crippen molar-refractivity contribution in [3.8, 4) is 0 Å². The number of amides is 1. The zero-order valence-corrected chi connectivity index (χ0v) is 17.5. The van der Waals surface area contributed by atoms with E-state index in [0.717, 1.165) is 5.39 Å². The number of hydrogen-bond acceptors (Lipinski definition) is 5. The summed E-state index contributed by atoms with van der Waals surface area (Å²) in [4.78, 5) is 25.7. The molecule has 2 aromatic heterocycles. The lowest BCUT2D eigenvalue weighted by atomic mass is 10.2. The maximum absolute atomic E-state index is 13.0. The van der Waals surface area contributed by atoms with Gasteiger partial charge in [0, 0.05) is 21.5 Å². The monoisotopic (exact) mass is 444 g/mol. The molecule has 0 aliphatic heterocycles. The Kier molecular flexibility index (Phi) is 5.13. The molecular formula is C25H17ClN2O4. The first-order valence-electron chi connectivity index (χ1n) is 9.92. The Morgan fingerprint density at radius 3 is 2.44 bits per heavy atom. The van der Waals surface area contributed by atoms with Crippen molar-refractivity contribution in [3.05, 3.63) is 95.4 Å². The van der Waals surface area contributed by atoms with Crippen LogP contribution in [0.25, 0.3) is 21.9 Å². The molecule has 0 saturated carbocycles. The summed E-state index contributed by atoms with van der Waals surface area (Å²) in [6.45, 7) is -0.0687. The van der Waals surface area contributed by atoms with Gasteiger partial charge in [-0.05, 0) is 42.5 Å². The van der Waals surface area contributed by atoms with E-state index in [1.165, 1.54) is 0 Å². The number of anilines is 2. The molecule has 0 spiro atoms. The quantitative estimate of drug-likeness (QED) is 0.297. The minimum Gasteiger partial charge on any atom is -0.453 e. The van der Waals surface area contributed by atoms with E-state index >= 15 is 0 Å². The van der Waals surface area contributed by atoms with E-state index in [1.54, 1.807) is 42.5 Å². The van der Waals surface area contributed by atoms with Crippen molar-refractivity contribution >= 4 is 56.6 Å². The molecular weight excluding hydrogens is 428 g/mol. The number of hydrogen-bond donors (Lipinski definition) is 2. The third kappa shape index (κ3) is 3.84. The molecule has 6 nitrogen and oxygen atoms in total. The van der Waals surface area contributed by atoms with Crippen LogP contribution < -0.4 is 10.6 Å². The lowest BCUT2D eigenvalue weighted by Gasteiger charge is -2.07. The number of nitrogens with one attached hydrogen (secondary N) is 2. The van der Waals surface area contributed by atoms with Crippen LogP contribution in [0.3, 0.4) is 0 Å². The SMILES string of the molecule is O=C(CNc1c(C(=O)Nc2cccc(Cl)c2)oc2ccccc12)c1cc2ccccc2o1. The maximum Gasteiger partial charge on any atom is 0.293 e. The second kappa shape index (κ2) is 8.24. The molecule has 0 aliphatic rings. The Labute approximate surface area is 187 Å². The van der Waals surface area contributed by atoms with E-state index in [2.05, 4.69) is 10.6 Å². The number of Topliss-reactive ketones (excluding diaryl/α,β-unsaturated/α-hetero) is 1. The molecule has 5 aromatic rings. The Morgan fingerprint density at radius 2 is 1.62 bits per heavy atom. The third-order valence-electron chi connectivity index (χ3n) is 5.01. The van der Waals surface area contributed by atoms with Crippen molar-refractivity contribution in [2.75, 3.05) is 17.2 Å². The predicted octanol–water partition coefficient (Wildman–Crippen LogP) is 6.38. The summed E-state index contributed by atoms with van der Waals surface area (Å²) in [5.74, 6) is -0.380. The molecule has 0 saturated heterocycles. The summed E-state index contributed by atoms with van der Waals surface area (Å²) in [6, 6.07) is 23.2. The fraction of sp³-hybridized carbons (Fsp3) is 0.0400. The molecule has 0 fully saturated rings. The molecule has 2 N–H and O–H groups in total. The molecule has 3 aromatic carbocycles. The van der Waals surface area contributed by atoms with E-state index in [9.17, 15) is 9.59 Å². The van der Waals surface area contributed by atoms with Crippen molar-refractivity contribution in [2.24, 2.45) is 0 Å². The van der Waals surface area contributed by atoms with Crippen LogP contribution in [-0.4, -0.2) is 18.2 Å². The third-order valence-corrected chi connectivity index (χ3v) is 5.25. The number of para-hydroxylation sites is 2. The van der Waals surface area contributed by atoms with Gasteiger partial charge in [0.05, 0.1) is 12.2 Å². The zero-order valence-electron chi connectivity index (χ0n) is 16.7. The van der Waals surface area contributed by atoms with Crippen molar-refractivity contribution in [2.45, 2.75) is 0 Å². The van der Waals surface area contributed by atoms with Gasteiger partial charge in [0.25, 0.3) is 5.91 Å². The minimum atomic E-state index is -0.456. The average Bonchev–Trinajstić information content (AvgIpc) is 3.39. The molecule has 0 aliphatic carbocycles. The summed E-state index contributed by atoms with van der Waals surface area (Å²) in [6.07, 6.45) is 0. The smallest absolute Gasteiger partial charge is 0.293 e. The number of carbonyl (C=O) groups is 2. The van der Waals surface area contributed by atoms with Crippen molar-refractivity contribution in [1.82, 2.24) is 0 Å². The van der Waals surface area contributed by atoms with Crippen LogP contribution in [0.1, 0.15) is 21.1 Å². The maximum atomic E-state index is 13.0. The van der Waals surface area contributed by atoms with Crippen molar-refractivity contribution in [3.63, 3.8) is 0 Å². The molecule has 7 heteroatoms. The van der Waals surface area contributed by atoms with E-state index < -0.39 is 5.91 Å². The largest absolute Gasteiger partial charge is 0.453 e. The van der Waals surface area contributed by atoms with Gasteiger partial charge in [-0.25, -0.2) is 0 Å². The van der Waals surface area contributed by atoms with Gasteiger partial charge in [0.2, 0.25) is 11.5 Å². The number of furan rings is 2. The number of benzene rings is 3. The van der Waals surface area contributed by atoms with Crippen LogP contribution in [0.15, 0.2) is 87.7 Å². The van der Waals surface area contributed by atoms with Gasteiger partial charge >= 0.3 is 0 Å². The standard InChI is InChI=1S/C25H17ClN2O4/c26-16-7-5-8-17(13-16)28-25(30)24-23(18-9-2-4-11-21(18)32-24)27-14-19(29)22-12-15-6-1-3-10-20(15)31-22/h1-13,27H,14H2,(H,28,30).